The minimum atomic E-state index is -0.745. The summed E-state index contributed by atoms with van der Waals surface area (Å²) >= 11 is 5.69. The Morgan fingerprint density at radius 2 is 1.91 bits per heavy atom. The molecular formula is C16H20ClNO4. The van der Waals surface area contributed by atoms with E-state index in [1.807, 2.05) is 0 Å². The van der Waals surface area contributed by atoms with Gasteiger partial charge in [0, 0.05) is 11.1 Å². The fourth-order valence-electron chi connectivity index (χ4n) is 2.58. The quantitative estimate of drug-likeness (QED) is 0.659. The van der Waals surface area contributed by atoms with Crippen LogP contribution in [0.25, 0.3) is 0 Å². The fourth-order valence-corrected chi connectivity index (χ4v) is 2.75. The number of carbonyl (C=O) groups is 2. The molecule has 0 spiro atoms. The number of phenolic OH excluding ortho intramolecular Hbond substituents is 1. The highest BCUT2D eigenvalue weighted by atomic mass is 35.5. The van der Waals surface area contributed by atoms with E-state index >= 15 is 0 Å². The van der Waals surface area contributed by atoms with Gasteiger partial charge < -0.3 is 15.2 Å². The van der Waals surface area contributed by atoms with Crippen LogP contribution in [0.3, 0.4) is 0 Å². The summed E-state index contributed by atoms with van der Waals surface area (Å²) in [4.78, 5) is 23.6. The Balaban J connectivity index is 1.81. The van der Waals surface area contributed by atoms with Crippen molar-refractivity contribution in [3.63, 3.8) is 0 Å². The van der Waals surface area contributed by atoms with Gasteiger partial charge in [0.2, 0.25) is 0 Å². The lowest BCUT2D eigenvalue weighted by Crippen LogP contribution is -2.37. The van der Waals surface area contributed by atoms with Gasteiger partial charge in [0.25, 0.3) is 5.91 Å². The van der Waals surface area contributed by atoms with Crippen molar-refractivity contribution in [1.82, 2.24) is 5.32 Å². The zero-order chi connectivity index (χ0) is 15.9. The van der Waals surface area contributed by atoms with E-state index in [1.165, 1.54) is 31.0 Å². The molecule has 22 heavy (non-hydrogen) atoms. The van der Waals surface area contributed by atoms with Gasteiger partial charge >= 0.3 is 5.97 Å². The van der Waals surface area contributed by atoms with Gasteiger partial charge in [0.05, 0.1) is 0 Å². The zero-order valence-corrected chi connectivity index (χ0v) is 13.1. The molecule has 6 heteroatoms. The standard InChI is InChI=1S/C16H20ClNO4/c17-11-7-8-13(14(19)9-11)16(21)22-10-15(20)18-12-5-3-1-2-4-6-12/h7-9,12,19H,1-6,10H2,(H,18,20). The van der Waals surface area contributed by atoms with E-state index in [1.54, 1.807) is 0 Å². The molecule has 0 heterocycles. The molecule has 0 unspecified atom stereocenters. The highest BCUT2D eigenvalue weighted by Crippen LogP contribution is 2.22. The van der Waals surface area contributed by atoms with Crippen molar-refractivity contribution < 1.29 is 19.4 Å². The summed E-state index contributed by atoms with van der Waals surface area (Å²) in [6, 6.07) is 4.26. The number of amides is 1. The number of benzene rings is 1. The van der Waals surface area contributed by atoms with Crippen LogP contribution in [-0.4, -0.2) is 29.6 Å². The number of ether oxygens (including phenoxy) is 1. The number of esters is 1. The second-order valence-electron chi connectivity index (χ2n) is 5.49. The van der Waals surface area contributed by atoms with Gasteiger partial charge in [-0.15, -0.1) is 0 Å². The van der Waals surface area contributed by atoms with Crippen molar-refractivity contribution in [3.8, 4) is 5.75 Å². The van der Waals surface area contributed by atoms with Crippen molar-refractivity contribution in [2.75, 3.05) is 6.61 Å². The third-order valence-electron chi connectivity index (χ3n) is 3.73. The SMILES string of the molecule is O=C(COC(=O)c1ccc(Cl)cc1O)NC1CCCCCC1. The highest BCUT2D eigenvalue weighted by Gasteiger charge is 2.17. The molecule has 0 radical (unpaired) electrons. The van der Waals surface area contributed by atoms with E-state index in [2.05, 4.69) is 5.32 Å². The van der Waals surface area contributed by atoms with Crippen molar-refractivity contribution in [2.24, 2.45) is 0 Å². The summed E-state index contributed by atoms with van der Waals surface area (Å²) in [5, 5.41) is 12.8. The molecule has 120 valence electrons. The molecule has 0 atom stereocenters. The summed E-state index contributed by atoms with van der Waals surface area (Å²) in [6.45, 7) is -0.350. The zero-order valence-electron chi connectivity index (χ0n) is 12.3. The van der Waals surface area contributed by atoms with E-state index in [0.717, 1.165) is 25.7 Å². The monoisotopic (exact) mass is 325 g/mol. The molecule has 5 nitrogen and oxygen atoms in total. The number of hydrogen-bond donors (Lipinski definition) is 2. The molecule has 0 aliphatic heterocycles. The number of rotatable bonds is 4. The second-order valence-corrected chi connectivity index (χ2v) is 5.93. The molecule has 1 aliphatic carbocycles. The molecule has 1 fully saturated rings. The molecular weight excluding hydrogens is 306 g/mol. The molecule has 0 saturated heterocycles. The number of halogens is 1. The number of aromatic hydroxyl groups is 1. The minimum Gasteiger partial charge on any atom is -0.507 e. The number of hydrogen-bond acceptors (Lipinski definition) is 4. The Bertz CT molecular complexity index is 539. The molecule has 1 aliphatic rings. The molecule has 0 aromatic heterocycles. The summed E-state index contributed by atoms with van der Waals surface area (Å²) in [5.74, 6) is -1.32. The average molecular weight is 326 g/mol. The molecule has 1 saturated carbocycles. The van der Waals surface area contributed by atoms with E-state index in [-0.39, 0.29) is 29.9 Å². The molecule has 0 bridgehead atoms. The normalized spacial score (nSPS) is 15.9. The molecule has 1 aromatic rings. The molecule has 1 amide bonds. The lowest BCUT2D eigenvalue weighted by atomic mass is 10.1. The summed E-state index contributed by atoms with van der Waals surface area (Å²) in [5.41, 5.74) is -0.00772. The first-order valence-electron chi connectivity index (χ1n) is 7.51. The predicted octanol–water partition coefficient (Wildman–Crippen LogP) is 3.04. The van der Waals surface area contributed by atoms with Crippen LogP contribution in [0, 0.1) is 0 Å². The van der Waals surface area contributed by atoms with Crippen LogP contribution in [0.1, 0.15) is 48.9 Å². The van der Waals surface area contributed by atoms with E-state index in [4.69, 9.17) is 16.3 Å². The Kier molecular flexibility index (Phi) is 6.07. The predicted molar refractivity (Wildman–Crippen MR) is 83.0 cm³/mol. The van der Waals surface area contributed by atoms with Crippen LogP contribution in [0.4, 0.5) is 0 Å². The fraction of sp³-hybridized carbons (Fsp3) is 0.500. The highest BCUT2D eigenvalue weighted by molar-refractivity contribution is 6.30. The lowest BCUT2D eigenvalue weighted by Gasteiger charge is -2.16. The Morgan fingerprint density at radius 1 is 1.23 bits per heavy atom. The van der Waals surface area contributed by atoms with Crippen LogP contribution in [-0.2, 0) is 9.53 Å². The smallest absolute Gasteiger partial charge is 0.342 e. The van der Waals surface area contributed by atoms with Crippen LogP contribution in [0.15, 0.2) is 18.2 Å². The van der Waals surface area contributed by atoms with E-state index < -0.39 is 5.97 Å². The lowest BCUT2D eigenvalue weighted by molar-refractivity contribution is -0.125. The largest absolute Gasteiger partial charge is 0.507 e. The molecule has 2 N–H and O–H groups in total. The third kappa shape index (κ3) is 4.91. The summed E-state index contributed by atoms with van der Waals surface area (Å²) in [6.07, 6.45) is 6.58. The van der Waals surface area contributed by atoms with Gasteiger partial charge in [-0.2, -0.15) is 0 Å². The van der Waals surface area contributed by atoms with Gasteiger partial charge in [0.15, 0.2) is 6.61 Å². The topological polar surface area (TPSA) is 75.6 Å². The summed E-state index contributed by atoms with van der Waals surface area (Å²) in [7, 11) is 0. The van der Waals surface area contributed by atoms with Gasteiger partial charge in [-0.05, 0) is 31.0 Å². The Labute approximate surface area is 134 Å². The minimum absolute atomic E-state index is 0.00772. The number of phenols is 1. The third-order valence-corrected chi connectivity index (χ3v) is 3.97. The van der Waals surface area contributed by atoms with Crippen molar-refractivity contribution in [1.29, 1.82) is 0 Å². The van der Waals surface area contributed by atoms with Crippen molar-refractivity contribution in [2.45, 2.75) is 44.6 Å². The Morgan fingerprint density at radius 3 is 2.55 bits per heavy atom. The molecule has 2 rings (SSSR count). The van der Waals surface area contributed by atoms with Crippen LogP contribution >= 0.6 is 11.6 Å². The molecule has 1 aromatic carbocycles. The van der Waals surface area contributed by atoms with Crippen molar-refractivity contribution in [3.05, 3.63) is 28.8 Å². The first kappa shape index (κ1) is 16.6. The van der Waals surface area contributed by atoms with Crippen LogP contribution in [0.5, 0.6) is 5.75 Å². The van der Waals surface area contributed by atoms with Gasteiger partial charge in [-0.3, -0.25) is 4.79 Å². The summed E-state index contributed by atoms with van der Waals surface area (Å²) < 4.78 is 4.93. The van der Waals surface area contributed by atoms with E-state index in [9.17, 15) is 14.7 Å². The maximum atomic E-state index is 11.8. The average Bonchev–Trinajstić information content (AvgIpc) is 2.73. The number of carbonyl (C=O) groups excluding carboxylic acids is 2. The van der Waals surface area contributed by atoms with Crippen LogP contribution < -0.4 is 5.32 Å². The van der Waals surface area contributed by atoms with Gasteiger partial charge in [-0.25, -0.2) is 4.79 Å². The van der Waals surface area contributed by atoms with Gasteiger partial charge in [0.1, 0.15) is 11.3 Å². The maximum Gasteiger partial charge on any atom is 0.342 e. The first-order valence-corrected chi connectivity index (χ1v) is 7.89. The van der Waals surface area contributed by atoms with E-state index in [0.29, 0.717) is 5.02 Å². The number of nitrogens with one attached hydrogen (secondary N) is 1. The second kappa shape index (κ2) is 8.03. The van der Waals surface area contributed by atoms with Gasteiger partial charge in [-0.1, -0.05) is 37.3 Å². The Hall–Kier alpha value is -1.75. The van der Waals surface area contributed by atoms with Crippen molar-refractivity contribution >= 4 is 23.5 Å². The van der Waals surface area contributed by atoms with Crippen LogP contribution in [0.2, 0.25) is 5.02 Å². The first-order chi connectivity index (χ1) is 10.6. The maximum absolute atomic E-state index is 11.8.